The molecule has 0 radical (unpaired) electrons. The summed E-state index contributed by atoms with van der Waals surface area (Å²) in [6.45, 7) is 17.9. The molecule has 0 atom stereocenters. The van der Waals surface area contributed by atoms with Crippen molar-refractivity contribution in [2.75, 3.05) is 18.0 Å². The fourth-order valence-corrected chi connectivity index (χ4v) is 3.23. The molecular weight excluding hydrogens is 343 g/mol. The molecule has 0 unspecified atom stereocenters. The first-order chi connectivity index (χ1) is 12.3. The molecule has 0 aromatic heterocycles. The van der Waals surface area contributed by atoms with Gasteiger partial charge in [-0.1, -0.05) is 33.8 Å². The summed E-state index contributed by atoms with van der Waals surface area (Å²) in [6, 6.07) is 5.33. The Morgan fingerprint density at radius 2 is 1.52 bits per heavy atom. The van der Waals surface area contributed by atoms with Crippen LogP contribution in [0.2, 0.25) is 0 Å². The standard InChI is InChI=1S/C20H33BN2O4/c1-14(2)12-22(13-15(3)4)17-10-9-16(11-18(17)23(24)25)21-26-19(5,6)20(7,8)27-21/h9-11,14-15H,12-13H2,1-8H3. The van der Waals surface area contributed by atoms with Gasteiger partial charge >= 0.3 is 7.12 Å². The van der Waals surface area contributed by atoms with Gasteiger partial charge in [0.25, 0.3) is 5.69 Å². The fraction of sp³-hybridized carbons (Fsp3) is 0.700. The Hall–Kier alpha value is -1.60. The van der Waals surface area contributed by atoms with Gasteiger partial charge in [0, 0.05) is 19.2 Å². The molecule has 1 fully saturated rings. The van der Waals surface area contributed by atoms with Crippen molar-refractivity contribution in [2.24, 2.45) is 11.8 Å². The van der Waals surface area contributed by atoms with E-state index < -0.39 is 18.3 Å². The first-order valence-electron chi connectivity index (χ1n) is 9.73. The van der Waals surface area contributed by atoms with Gasteiger partial charge in [-0.05, 0) is 51.1 Å². The van der Waals surface area contributed by atoms with E-state index in [9.17, 15) is 10.1 Å². The highest BCUT2D eigenvalue weighted by molar-refractivity contribution is 6.62. The lowest BCUT2D eigenvalue weighted by Gasteiger charge is -2.32. The molecule has 150 valence electrons. The van der Waals surface area contributed by atoms with E-state index in [-0.39, 0.29) is 10.6 Å². The van der Waals surface area contributed by atoms with E-state index in [1.807, 2.05) is 39.8 Å². The number of nitrogens with zero attached hydrogens (tertiary/aromatic N) is 2. The number of anilines is 1. The van der Waals surface area contributed by atoms with E-state index in [0.717, 1.165) is 13.1 Å². The van der Waals surface area contributed by atoms with Crippen LogP contribution in [0.1, 0.15) is 55.4 Å². The van der Waals surface area contributed by atoms with Crippen LogP contribution in [0.25, 0.3) is 0 Å². The first kappa shape index (κ1) is 21.7. The van der Waals surface area contributed by atoms with E-state index in [4.69, 9.17) is 9.31 Å². The molecule has 6 nitrogen and oxygen atoms in total. The zero-order chi connectivity index (χ0) is 20.6. The molecule has 0 N–H and O–H groups in total. The van der Waals surface area contributed by atoms with Gasteiger partial charge in [0.2, 0.25) is 0 Å². The van der Waals surface area contributed by atoms with Crippen molar-refractivity contribution < 1.29 is 14.2 Å². The summed E-state index contributed by atoms with van der Waals surface area (Å²) in [4.78, 5) is 13.6. The topological polar surface area (TPSA) is 64.8 Å². The Bertz CT molecular complexity index is 663. The van der Waals surface area contributed by atoms with Crippen molar-refractivity contribution in [3.8, 4) is 0 Å². The largest absolute Gasteiger partial charge is 0.495 e. The molecule has 1 heterocycles. The SMILES string of the molecule is CC(C)CN(CC(C)C)c1ccc(B2OC(C)(C)C(C)(C)O2)cc1[N+](=O)[O-]. The number of rotatable bonds is 7. The summed E-state index contributed by atoms with van der Waals surface area (Å²) >= 11 is 0. The minimum absolute atomic E-state index is 0.100. The van der Waals surface area contributed by atoms with E-state index >= 15 is 0 Å². The summed E-state index contributed by atoms with van der Waals surface area (Å²) in [7, 11) is -0.605. The minimum atomic E-state index is -0.605. The molecule has 0 aliphatic carbocycles. The van der Waals surface area contributed by atoms with Crippen LogP contribution in [0.3, 0.4) is 0 Å². The molecule has 0 saturated carbocycles. The van der Waals surface area contributed by atoms with Crippen molar-refractivity contribution in [3.63, 3.8) is 0 Å². The molecule has 7 heteroatoms. The van der Waals surface area contributed by atoms with Crippen molar-refractivity contribution in [1.29, 1.82) is 0 Å². The number of hydrogen-bond acceptors (Lipinski definition) is 5. The second kappa shape index (κ2) is 7.80. The summed E-state index contributed by atoms with van der Waals surface area (Å²) in [5.41, 5.74) is 0.475. The minimum Gasteiger partial charge on any atom is -0.399 e. The third-order valence-electron chi connectivity index (χ3n) is 5.23. The van der Waals surface area contributed by atoms with Crippen molar-refractivity contribution in [3.05, 3.63) is 28.3 Å². The highest BCUT2D eigenvalue weighted by atomic mass is 16.7. The summed E-state index contributed by atoms with van der Waals surface area (Å²) in [5, 5.41) is 11.8. The molecule has 1 saturated heterocycles. The number of nitro benzene ring substituents is 1. The van der Waals surface area contributed by atoms with E-state index in [2.05, 4.69) is 32.6 Å². The molecule has 2 rings (SSSR count). The van der Waals surface area contributed by atoms with E-state index in [1.165, 1.54) is 0 Å². The molecule has 0 bridgehead atoms. The van der Waals surface area contributed by atoms with Crippen LogP contribution in [0.15, 0.2) is 18.2 Å². The van der Waals surface area contributed by atoms with Gasteiger partial charge in [0.15, 0.2) is 0 Å². The highest BCUT2D eigenvalue weighted by Crippen LogP contribution is 2.37. The molecule has 0 amide bonds. The van der Waals surface area contributed by atoms with Crippen LogP contribution in [-0.4, -0.2) is 36.3 Å². The van der Waals surface area contributed by atoms with Gasteiger partial charge in [-0.2, -0.15) is 0 Å². The lowest BCUT2D eigenvalue weighted by Crippen LogP contribution is -2.41. The quantitative estimate of drug-likeness (QED) is 0.409. The number of benzene rings is 1. The van der Waals surface area contributed by atoms with Gasteiger partial charge < -0.3 is 14.2 Å². The van der Waals surface area contributed by atoms with Gasteiger partial charge in [-0.3, -0.25) is 10.1 Å². The van der Waals surface area contributed by atoms with Crippen LogP contribution in [0.5, 0.6) is 0 Å². The maximum absolute atomic E-state index is 11.8. The van der Waals surface area contributed by atoms with Crippen molar-refractivity contribution in [1.82, 2.24) is 0 Å². The summed E-state index contributed by atoms with van der Waals surface area (Å²) < 4.78 is 12.1. The average molecular weight is 376 g/mol. The molecule has 0 spiro atoms. The monoisotopic (exact) mass is 376 g/mol. The van der Waals surface area contributed by atoms with Crippen LogP contribution in [0.4, 0.5) is 11.4 Å². The zero-order valence-corrected chi connectivity index (χ0v) is 17.9. The van der Waals surface area contributed by atoms with Crippen molar-refractivity contribution in [2.45, 2.75) is 66.6 Å². The molecule has 1 aromatic rings. The third kappa shape index (κ3) is 4.82. The maximum Gasteiger partial charge on any atom is 0.495 e. The third-order valence-corrected chi connectivity index (χ3v) is 5.23. The van der Waals surface area contributed by atoms with Crippen molar-refractivity contribution >= 4 is 24.0 Å². The molecule has 27 heavy (non-hydrogen) atoms. The first-order valence-corrected chi connectivity index (χ1v) is 9.73. The Morgan fingerprint density at radius 3 is 1.93 bits per heavy atom. The number of hydrogen-bond donors (Lipinski definition) is 0. The smallest absolute Gasteiger partial charge is 0.399 e. The molecule has 1 aliphatic rings. The van der Waals surface area contributed by atoms with Gasteiger partial charge in [0.05, 0.1) is 16.1 Å². The lowest BCUT2D eigenvalue weighted by atomic mass is 9.78. The predicted octanol–water partition coefficient (Wildman–Crippen LogP) is 4.01. The fourth-order valence-electron chi connectivity index (χ4n) is 3.23. The molecule has 1 aromatic carbocycles. The lowest BCUT2D eigenvalue weighted by molar-refractivity contribution is -0.384. The van der Waals surface area contributed by atoms with Crippen LogP contribution >= 0.6 is 0 Å². The zero-order valence-electron chi connectivity index (χ0n) is 17.9. The van der Waals surface area contributed by atoms with E-state index in [1.54, 1.807) is 6.07 Å². The Balaban J connectivity index is 2.41. The van der Waals surface area contributed by atoms with Gasteiger partial charge in [-0.15, -0.1) is 0 Å². The van der Waals surface area contributed by atoms with E-state index in [0.29, 0.717) is 23.0 Å². The Labute approximate surface area is 163 Å². The second-order valence-corrected chi connectivity index (χ2v) is 9.29. The average Bonchev–Trinajstić information content (AvgIpc) is 2.73. The Morgan fingerprint density at radius 1 is 1.04 bits per heavy atom. The van der Waals surface area contributed by atoms with Gasteiger partial charge in [0.1, 0.15) is 5.69 Å². The summed E-state index contributed by atoms with van der Waals surface area (Å²) in [6.07, 6.45) is 0. The summed E-state index contributed by atoms with van der Waals surface area (Å²) in [5.74, 6) is 0.817. The predicted molar refractivity (Wildman–Crippen MR) is 111 cm³/mol. The highest BCUT2D eigenvalue weighted by Gasteiger charge is 2.52. The second-order valence-electron chi connectivity index (χ2n) is 9.29. The molecular formula is C20H33BN2O4. The van der Waals surface area contributed by atoms with Crippen LogP contribution in [-0.2, 0) is 9.31 Å². The molecule has 1 aliphatic heterocycles. The number of nitro groups is 1. The normalized spacial score (nSPS) is 18.4. The van der Waals surface area contributed by atoms with Crippen LogP contribution < -0.4 is 10.4 Å². The van der Waals surface area contributed by atoms with Crippen LogP contribution in [0, 0.1) is 22.0 Å². The van der Waals surface area contributed by atoms with Gasteiger partial charge in [-0.25, -0.2) is 0 Å². The maximum atomic E-state index is 11.8. The Kier molecular flexibility index (Phi) is 6.27.